The number of aromatic nitrogens is 2. The van der Waals surface area contributed by atoms with Gasteiger partial charge < -0.3 is 15.0 Å². The second-order valence-corrected chi connectivity index (χ2v) is 7.89. The van der Waals surface area contributed by atoms with Crippen LogP contribution in [0.2, 0.25) is 0 Å². The minimum Gasteiger partial charge on any atom is -0.381 e. The lowest BCUT2D eigenvalue weighted by molar-refractivity contribution is -0.127. The highest BCUT2D eigenvalue weighted by atomic mass is 16.5. The van der Waals surface area contributed by atoms with Crippen LogP contribution in [0, 0.1) is 5.92 Å². The normalized spacial score (nSPS) is 20.8. The molecular formula is C22H30N4O2. The van der Waals surface area contributed by atoms with Crippen LogP contribution in [0.4, 0.5) is 0 Å². The number of piperidine rings is 1. The van der Waals surface area contributed by atoms with Crippen LogP contribution in [-0.4, -0.2) is 52.9 Å². The smallest absolute Gasteiger partial charge is 0.223 e. The lowest BCUT2D eigenvalue weighted by Crippen LogP contribution is -2.46. The van der Waals surface area contributed by atoms with Gasteiger partial charge in [0.1, 0.15) is 0 Å². The first-order chi connectivity index (χ1) is 13.7. The van der Waals surface area contributed by atoms with Crippen LogP contribution in [0.5, 0.6) is 0 Å². The minimum absolute atomic E-state index is 0.0542. The van der Waals surface area contributed by atoms with Gasteiger partial charge in [0.25, 0.3) is 0 Å². The van der Waals surface area contributed by atoms with Crippen molar-refractivity contribution in [3.63, 3.8) is 0 Å². The maximum Gasteiger partial charge on any atom is 0.223 e. The zero-order chi connectivity index (χ0) is 19.3. The summed E-state index contributed by atoms with van der Waals surface area (Å²) in [6.45, 7) is 5.83. The number of likely N-dealkylation sites (tertiary alicyclic amines) is 1. The number of ether oxygens (including phenoxy) is 1. The van der Waals surface area contributed by atoms with E-state index in [1.54, 1.807) is 6.20 Å². The molecule has 0 radical (unpaired) electrons. The van der Waals surface area contributed by atoms with Gasteiger partial charge in [0.05, 0.1) is 11.7 Å². The summed E-state index contributed by atoms with van der Waals surface area (Å²) in [6.07, 6.45) is 7.83. The molecule has 28 heavy (non-hydrogen) atoms. The summed E-state index contributed by atoms with van der Waals surface area (Å²) in [4.78, 5) is 15.4. The number of hydrogen-bond acceptors (Lipinski definition) is 4. The zero-order valence-electron chi connectivity index (χ0n) is 16.6. The third kappa shape index (κ3) is 4.28. The average Bonchev–Trinajstić information content (AvgIpc) is 3.29. The Labute approximate surface area is 166 Å². The monoisotopic (exact) mass is 382 g/mol. The molecule has 1 unspecified atom stereocenters. The van der Waals surface area contributed by atoms with E-state index in [9.17, 15) is 4.79 Å². The largest absolute Gasteiger partial charge is 0.381 e. The van der Waals surface area contributed by atoms with Crippen LogP contribution in [0.25, 0.3) is 5.69 Å². The van der Waals surface area contributed by atoms with Crippen molar-refractivity contribution in [2.24, 2.45) is 5.92 Å². The van der Waals surface area contributed by atoms with Gasteiger partial charge in [-0.25, -0.2) is 4.68 Å². The Morgan fingerprint density at radius 3 is 2.61 bits per heavy atom. The van der Waals surface area contributed by atoms with Crippen molar-refractivity contribution < 1.29 is 9.53 Å². The van der Waals surface area contributed by atoms with E-state index >= 15 is 0 Å². The fourth-order valence-electron chi connectivity index (χ4n) is 4.46. The maximum atomic E-state index is 12.9. The highest BCUT2D eigenvalue weighted by Gasteiger charge is 2.30. The summed E-state index contributed by atoms with van der Waals surface area (Å²) in [5.41, 5.74) is 2.09. The van der Waals surface area contributed by atoms with E-state index < -0.39 is 0 Å². The molecule has 1 N–H and O–H groups in total. The number of carbonyl (C=O) groups excluding carboxylic acids is 1. The molecule has 2 saturated heterocycles. The van der Waals surface area contributed by atoms with Gasteiger partial charge in [0, 0.05) is 37.6 Å². The van der Waals surface area contributed by atoms with E-state index in [2.05, 4.69) is 28.3 Å². The van der Waals surface area contributed by atoms with Crippen LogP contribution in [0.3, 0.4) is 0 Å². The summed E-state index contributed by atoms with van der Waals surface area (Å²) < 4.78 is 7.33. The Morgan fingerprint density at radius 2 is 1.89 bits per heavy atom. The van der Waals surface area contributed by atoms with Gasteiger partial charge in [0.15, 0.2) is 0 Å². The number of nitrogens with zero attached hydrogens (tertiary/aromatic N) is 3. The summed E-state index contributed by atoms with van der Waals surface area (Å²) in [5.74, 6) is 0.282. The van der Waals surface area contributed by atoms with Crippen molar-refractivity contribution in [1.29, 1.82) is 0 Å². The van der Waals surface area contributed by atoms with Crippen LogP contribution in [0.15, 0.2) is 42.7 Å². The second kappa shape index (κ2) is 8.88. The van der Waals surface area contributed by atoms with E-state index in [1.807, 2.05) is 35.1 Å². The Morgan fingerprint density at radius 1 is 1.14 bits per heavy atom. The number of hydrogen-bond donors (Lipinski definition) is 1. The molecule has 2 fully saturated rings. The standard InChI is InChI=1S/C22H30N4O2/c1-17(20-5-2-3-6-21(20)26-12-4-11-23-26)24-22(27)18-7-13-25(14-8-18)19-9-15-28-16-10-19/h2-6,11-12,17-19H,7-10,13-16H2,1H3,(H,24,27). The van der Waals surface area contributed by atoms with Crippen molar-refractivity contribution >= 4 is 5.91 Å². The number of benzene rings is 1. The lowest BCUT2D eigenvalue weighted by atomic mass is 9.93. The van der Waals surface area contributed by atoms with Gasteiger partial charge in [-0.15, -0.1) is 0 Å². The van der Waals surface area contributed by atoms with Gasteiger partial charge in [-0.1, -0.05) is 18.2 Å². The van der Waals surface area contributed by atoms with E-state index in [-0.39, 0.29) is 17.9 Å². The van der Waals surface area contributed by atoms with Crippen molar-refractivity contribution in [2.45, 2.75) is 44.7 Å². The summed E-state index contributed by atoms with van der Waals surface area (Å²) in [6, 6.07) is 10.6. The maximum absolute atomic E-state index is 12.9. The first kappa shape index (κ1) is 19.2. The van der Waals surface area contributed by atoms with Crippen LogP contribution in [-0.2, 0) is 9.53 Å². The summed E-state index contributed by atoms with van der Waals surface area (Å²) in [5, 5.41) is 7.58. The van der Waals surface area contributed by atoms with Crippen molar-refractivity contribution in [2.75, 3.05) is 26.3 Å². The number of carbonyl (C=O) groups is 1. The van der Waals surface area contributed by atoms with Gasteiger partial charge in [0.2, 0.25) is 5.91 Å². The predicted octanol–water partition coefficient (Wildman–Crippen LogP) is 2.94. The number of rotatable bonds is 5. The van der Waals surface area contributed by atoms with Gasteiger partial charge >= 0.3 is 0 Å². The molecule has 0 saturated carbocycles. The summed E-state index contributed by atoms with van der Waals surface area (Å²) >= 11 is 0. The second-order valence-electron chi connectivity index (χ2n) is 7.89. The highest BCUT2D eigenvalue weighted by molar-refractivity contribution is 5.79. The molecule has 150 valence electrons. The Bertz CT molecular complexity index is 763. The number of amides is 1. The number of para-hydroxylation sites is 1. The predicted molar refractivity (Wildman–Crippen MR) is 108 cm³/mol. The van der Waals surface area contributed by atoms with E-state index in [1.165, 1.54) is 0 Å². The molecule has 1 amide bonds. The van der Waals surface area contributed by atoms with Gasteiger partial charge in [-0.2, -0.15) is 5.10 Å². The summed E-state index contributed by atoms with van der Waals surface area (Å²) in [7, 11) is 0. The fourth-order valence-corrected chi connectivity index (χ4v) is 4.46. The number of nitrogens with one attached hydrogen (secondary N) is 1. The Hall–Kier alpha value is -2.18. The van der Waals surface area contributed by atoms with Crippen molar-refractivity contribution in [3.05, 3.63) is 48.3 Å². The van der Waals surface area contributed by atoms with E-state index in [0.717, 1.165) is 63.2 Å². The quantitative estimate of drug-likeness (QED) is 0.864. The molecular weight excluding hydrogens is 352 g/mol. The zero-order valence-corrected chi connectivity index (χ0v) is 16.6. The average molecular weight is 383 g/mol. The molecule has 6 heteroatoms. The molecule has 2 aromatic rings. The van der Waals surface area contributed by atoms with Crippen LogP contribution in [0.1, 0.15) is 44.2 Å². The first-order valence-corrected chi connectivity index (χ1v) is 10.4. The fraction of sp³-hybridized carbons (Fsp3) is 0.545. The van der Waals surface area contributed by atoms with Crippen molar-refractivity contribution in [3.8, 4) is 5.69 Å². The third-order valence-corrected chi connectivity index (χ3v) is 6.12. The third-order valence-electron chi connectivity index (χ3n) is 6.12. The SMILES string of the molecule is CC(NC(=O)C1CCN(C2CCOCC2)CC1)c1ccccc1-n1cccn1. The molecule has 6 nitrogen and oxygen atoms in total. The van der Waals surface area contributed by atoms with Crippen molar-refractivity contribution in [1.82, 2.24) is 20.0 Å². The minimum atomic E-state index is -0.0542. The Kier molecular flexibility index (Phi) is 6.07. The van der Waals surface area contributed by atoms with Crippen LogP contribution < -0.4 is 5.32 Å². The van der Waals surface area contributed by atoms with Crippen LogP contribution >= 0.6 is 0 Å². The Balaban J connectivity index is 1.34. The molecule has 0 spiro atoms. The molecule has 2 aliphatic rings. The molecule has 1 atom stereocenters. The molecule has 2 aliphatic heterocycles. The lowest BCUT2D eigenvalue weighted by Gasteiger charge is -2.39. The highest BCUT2D eigenvalue weighted by Crippen LogP contribution is 2.25. The molecule has 4 rings (SSSR count). The molecule has 1 aromatic carbocycles. The van der Waals surface area contributed by atoms with E-state index in [4.69, 9.17) is 4.74 Å². The van der Waals surface area contributed by atoms with E-state index in [0.29, 0.717) is 6.04 Å². The molecule has 1 aromatic heterocycles. The topological polar surface area (TPSA) is 59.4 Å². The molecule has 0 aliphatic carbocycles. The van der Waals surface area contributed by atoms with Gasteiger partial charge in [-0.3, -0.25) is 4.79 Å². The molecule has 0 bridgehead atoms. The molecule has 3 heterocycles. The first-order valence-electron chi connectivity index (χ1n) is 10.4. The van der Waals surface area contributed by atoms with Gasteiger partial charge in [-0.05, 0) is 63.4 Å².